The molecule has 0 unspecified atom stereocenters. The lowest BCUT2D eigenvalue weighted by atomic mass is 10.2. The molecule has 1 fully saturated rings. The summed E-state index contributed by atoms with van der Waals surface area (Å²) < 4.78 is 32.1. The highest BCUT2D eigenvalue weighted by Gasteiger charge is 2.32. The Hall–Kier alpha value is -1.44. The molecule has 2 rings (SSSR count). The third kappa shape index (κ3) is 3.00. The summed E-state index contributed by atoms with van der Waals surface area (Å²) in [7, 11) is -3.64. The van der Waals surface area contributed by atoms with Gasteiger partial charge in [0.1, 0.15) is 0 Å². The zero-order valence-electron chi connectivity index (χ0n) is 11.4. The molecule has 1 amide bonds. The maximum atomic E-state index is 12.6. The van der Waals surface area contributed by atoms with Gasteiger partial charge in [0, 0.05) is 18.7 Å². The molecule has 0 radical (unpaired) electrons. The van der Waals surface area contributed by atoms with Crippen LogP contribution in [-0.2, 0) is 14.8 Å². The van der Waals surface area contributed by atoms with Crippen molar-refractivity contribution in [3.05, 3.63) is 29.8 Å². The van der Waals surface area contributed by atoms with Gasteiger partial charge in [0.2, 0.25) is 15.9 Å². The predicted octanol–water partition coefficient (Wildman–Crippen LogP) is 0.583. The number of amides is 1. The average Bonchev–Trinajstić information content (AvgIpc) is 2.37. The Morgan fingerprint density at radius 2 is 1.90 bits per heavy atom. The van der Waals surface area contributed by atoms with Crippen molar-refractivity contribution in [2.45, 2.75) is 31.0 Å². The summed E-state index contributed by atoms with van der Waals surface area (Å²) in [4.78, 5) is 11.2. The van der Waals surface area contributed by atoms with E-state index in [4.69, 9.17) is 10.5 Å². The Balaban J connectivity index is 2.34. The molecule has 110 valence electrons. The van der Waals surface area contributed by atoms with Crippen molar-refractivity contribution in [1.29, 1.82) is 0 Å². The van der Waals surface area contributed by atoms with Gasteiger partial charge in [0.05, 0.1) is 17.1 Å². The first-order valence-electron chi connectivity index (χ1n) is 6.36. The molecule has 0 aliphatic carbocycles. The van der Waals surface area contributed by atoms with Crippen LogP contribution in [0.15, 0.2) is 29.2 Å². The van der Waals surface area contributed by atoms with Gasteiger partial charge >= 0.3 is 0 Å². The number of rotatable bonds is 3. The van der Waals surface area contributed by atoms with Crippen molar-refractivity contribution in [2.24, 2.45) is 5.73 Å². The number of carbonyl (C=O) groups is 1. The third-order valence-electron chi connectivity index (χ3n) is 3.14. The van der Waals surface area contributed by atoms with Crippen LogP contribution in [0.5, 0.6) is 0 Å². The number of carbonyl (C=O) groups excluding carboxylic acids is 1. The minimum absolute atomic E-state index is 0.0788. The van der Waals surface area contributed by atoms with Crippen LogP contribution in [0.1, 0.15) is 24.2 Å². The van der Waals surface area contributed by atoms with E-state index in [2.05, 4.69) is 0 Å². The number of nitrogens with zero attached hydrogens (tertiary/aromatic N) is 1. The molecule has 0 aromatic heterocycles. The number of sulfonamides is 1. The van der Waals surface area contributed by atoms with Gasteiger partial charge in [0.25, 0.3) is 0 Å². The summed E-state index contributed by atoms with van der Waals surface area (Å²) in [5, 5.41) is 0. The van der Waals surface area contributed by atoms with Crippen molar-refractivity contribution >= 4 is 15.9 Å². The minimum Gasteiger partial charge on any atom is -0.373 e. The molecule has 0 bridgehead atoms. The van der Waals surface area contributed by atoms with Crippen LogP contribution in [-0.4, -0.2) is 43.9 Å². The average molecular weight is 298 g/mol. The normalized spacial score (nSPS) is 24.5. The molecular weight excluding hydrogens is 280 g/mol. The molecule has 1 aliphatic heterocycles. The summed E-state index contributed by atoms with van der Waals surface area (Å²) in [5.41, 5.74) is 5.36. The van der Waals surface area contributed by atoms with E-state index in [-0.39, 0.29) is 22.7 Å². The molecule has 20 heavy (non-hydrogen) atoms. The molecule has 6 nitrogen and oxygen atoms in total. The fourth-order valence-electron chi connectivity index (χ4n) is 2.29. The number of benzene rings is 1. The number of hydrogen-bond acceptors (Lipinski definition) is 4. The zero-order valence-corrected chi connectivity index (χ0v) is 12.3. The molecule has 1 heterocycles. The summed E-state index contributed by atoms with van der Waals surface area (Å²) in [6.45, 7) is 4.26. The van der Waals surface area contributed by atoms with Gasteiger partial charge in [-0.3, -0.25) is 4.79 Å². The highest BCUT2D eigenvalue weighted by atomic mass is 32.2. The van der Waals surface area contributed by atoms with Crippen molar-refractivity contribution < 1.29 is 17.9 Å². The van der Waals surface area contributed by atoms with E-state index in [9.17, 15) is 13.2 Å². The lowest BCUT2D eigenvalue weighted by Crippen LogP contribution is -2.48. The second-order valence-corrected chi connectivity index (χ2v) is 6.91. The summed E-state index contributed by atoms with van der Waals surface area (Å²) in [6, 6.07) is 5.78. The van der Waals surface area contributed by atoms with Crippen LogP contribution >= 0.6 is 0 Å². The molecule has 1 saturated heterocycles. The first-order valence-corrected chi connectivity index (χ1v) is 7.80. The Morgan fingerprint density at radius 1 is 1.30 bits per heavy atom. The van der Waals surface area contributed by atoms with E-state index < -0.39 is 15.9 Å². The van der Waals surface area contributed by atoms with Gasteiger partial charge < -0.3 is 10.5 Å². The van der Waals surface area contributed by atoms with Gasteiger partial charge in [-0.15, -0.1) is 0 Å². The highest BCUT2D eigenvalue weighted by Crippen LogP contribution is 2.21. The van der Waals surface area contributed by atoms with E-state index in [1.54, 1.807) is 0 Å². The van der Waals surface area contributed by atoms with Crippen molar-refractivity contribution in [3.63, 3.8) is 0 Å². The molecule has 0 spiro atoms. The molecule has 1 aromatic carbocycles. The predicted molar refractivity (Wildman–Crippen MR) is 73.7 cm³/mol. The maximum absolute atomic E-state index is 12.6. The van der Waals surface area contributed by atoms with Gasteiger partial charge in [0.15, 0.2) is 0 Å². The van der Waals surface area contributed by atoms with E-state index in [1.807, 2.05) is 13.8 Å². The quantitative estimate of drug-likeness (QED) is 0.884. The number of nitrogens with two attached hydrogens (primary N) is 1. The van der Waals surface area contributed by atoms with Crippen LogP contribution in [0.3, 0.4) is 0 Å². The van der Waals surface area contributed by atoms with Crippen LogP contribution < -0.4 is 5.73 Å². The number of morpholine rings is 1. The summed E-state index contributed by atoms with van der Waals surface area (Å²) >= 11 is 0. The van der Waals surface area contributed by atoms with Crippen LogP contribution in [0.2, 0.25) is 0 Å². The van der Waals surface area contributed by atoms with Gasteiger partial charge in [-0.25, -0.2) is 8.42 Å². The van der Waals surface area contributed by atoms with Crippen LogP contribution in [0.4, 0.5) is 0 Å². The number of hydrogen-bond donors (Lipinski definition) is 1. The number of primary amides is 1. The lowest BCUT2D eigenvalue weighted by Gasteiger charge is -2.34. The maximum Gasteiger partial charge on any atom is 0.248 e. The van der Waals surface area contributed by atoms with Gasteiger partial charge in [-0.1, -0.05) is 6.07 Å². The van der Waals surface area contributed by atoms with Gasteiger partial charge in [-0.2, -0.15) is 4.31 Å². The van der Waals surface area contributed by atoms with Crippen molar-refractivity contribution in [3.8, 4) is 0 Å². The second kappa shape index (κ2) is 5.51. The van der Waals surface area contributed by atoms with Crippen molar-refractivity contribution in [2.75, 3.05) is 13.1 Å². The lowest BCUT2D eigenvalue weighted by molar-refractivity contribution is -0.0440. The first-order chi connectivity index (χ1) is 9.30. The van der Waals surface area contributed by atoms with Gasteiger partial charge in [-0.05, 0) is 32.0 Å². The van der Waals surface area contributed by atoms with E-state index in [1.165, 1.54) is 28.6 Å². The van der Waals surface area contributed by atoms with Crippen LogP contribution in [0.25, 0.3) is 0 Å². The number of ether oxygens (including phenoxy) is 1. The molecule has 2 atom stereocenters. The SMILES string of the molecule is C[C@@H]1CN(S(=O)(=O)c2cccc(C(N)=O)c2)C[C@@H](C)O1. The summed E-state index contributed by atoms with van der Waals surface area (Å²) in [6.07, 6.45) is -0.319. The topological polar surface area (TPSA) is 89.7 Å². The van der Waals surface area contributed by atoms with Crippen LogP contribution in [0, 0.1) is 0 Å². The Morgan fingerprint density at radius 3 is 2.45 bits per heavy atom. The Bertz CT molecular complexity index is 605. The molecule has 7 heteroatoms. The Labute approximate surface area is 118 Å². The molecule has 1 aliphatic rings. The van der Waals surface area contributed by atoms with Crippen molar-refractivity contribution in [1.82, 2.24) is 4.31 Å². The fourth-order valence-corrected chi connectivity index (χ4v) is 3.92. The highest BCUT2D eigenvalue weighted by molar-refractivity contribution is 7.89. The van der Waals surface area contributed by atoms with E-state index in [0.29, 0.717) is 13.1 Å². The largest absolute Gasteiger partial charge is 0.373 e. The smallest absolute Gasteiger partial charge is 0.248 e. The Kier molecular flexibility index (Phi) is 4.12. The third-order valence-corrected chi connectivity index (χ3v) is 4.97. The molecule has 1 aromatic rings. The molecule has 2 N–H and O–H groups in total. The first kappa shape index (κ1) is 15.0. The fraction of sp³-hybridized carbons (Fsp3) is 0.462. The minimum atomic E-state index is -3.64. The standard InChI is InChI=1S/C13H18N2O4S/c1-9-7-15(8-10(2)19-9)20(17,18)12-5-3-4-11(6-12)13(14)16/h3-6,9-10H,7-8H2,1-2H3,(H2,14,16)/t9-,10-/m1/s1. The second-order valence-electron chi connectivity index (χ2n) is 4.97. The molecule has 0 saturated carbocycles. The van der Waals surface area contributed by atoms with E-state index >= 15 is 0 Å². The zero-order chi connectivity index (χ0) is 14.9. The summed E-state index contributed by atoms with van der Waals surface area (Å²) in [5.74, 6) is -0.647. The van der Waals surface area contributed by atoms with E-state index in [0.717, 1.165) is 0 Å². The molecular formula is C13H18N2O4S. The monoisotopic (exact) mass is 298 g/mol.